The summed E-state index contributed by atoms with van der Waals surface area (Å²) in [5.41, 5.74) is -0.00606. The number of carbonyl (C=O) groups excluding carboxylic acids is 1. The van der Waals surface area contributed by atoms with E-state index in [0.29, 0.717) is 11.8 Å². The summed E-state index contributed by atoms with van der Waals surface area (Å²) in [6.07, 6.45) is 0.915. The van der Waals surface area contributed by atoms with E-state index < -0.39 is 7.26 Å². The molecule has 1 amide bonds. The minimum atomic E-state index is -2.13. The highest BCUT2D eigenvalue weighted by Gasteiger charge is 2.58. The fraction of sp³-hybridized carbons (Fsp3) is 0.269. The van der Waals surface area contributed by atoms with Gasteiger partial charge in [-0.25, -0.2) is 0 Å². The zero-order valence-corrected chi connectivity index (χ0v) is 18.1. The quantitative estimate of drug-likeness (QED) is 0.565. The van der Waals surface area contributed by atoms with Gasteiger partial charge in [0.1, 0.15) is 23.2 Å². The Morgan fingerprint density at radius 1 is 0.793 bits per heavy atom. The Balaban J connectivity index is 1.96. The number of nitrogens with zero attached hydrogens (tertiary/aromatic N) is 1. The van der Waals surface area contributed by atoms with Crippen LogP contribution in [0.3, 0.4) is 0 Å². The number of hydrogen-bond acceptors (Lipinski definition) is 1. The molecule has 1 fully saturated rings. The van der Waals surface area contributed by atoms with Crippen molar-refractivity contribution >= 4 is 29.1 Å². The molecule has 4 rings (SSSR count). The molecule has 1 aliphatic heterocycles. The number of likely N-dealkylation sites (tertiary alicyclic amines) is 1. The SMILES string of the molecule is CC(C)CN1CCC([P+](c2ccccc2)(c2ccccc2)c2ccccc2)C1=O. The van der Waals surface area contributed by atoms with Crippen LogP contribution in [0.15, 0.2) is 91.0 Å². The second kappa shape index (κ2) is 8.51. The third-order valence-corrected chi connectivity index (χ3v) is 10.6. The normalized spacial score (nSPS) is 17.1. The average Bonchev–Trinajstić information content (AvgIpc) is 3.11. The first kappa shape index (κ1) is 19.9. The third kappa shape index (κ3) is 3.63. The van der Waals surface area contributed by atoms with E-state index in [4.69, 9.17) is 0 Å². The summed E-state index contributed by atoms with van der Waals surface area (Å²) in [6.45, 7) is 6.08. The molecule has 2 nitrogen and oxygen atoms in total. The molecule has 1 unspecified atom stereocenters. The lowest BCUT2D eigenvalue weighted by Crippen LogP contribution is -2.43. The number of rotatable bonds is 6. The molecule has 0 saturated carbocycles. The fourth-order valence-corrected chi connectivity index (χ4v) is 9.58. The van der Waals surface area contributed by atoms with Crippen molar-refractivity contribution in [1.82, 2.24) is 4.90 Å². The first-order valence-electron chi connectivity index (χ1n) is 10.5. The van der Waals surface area contributed by atoms with Crippen molar-refractivity contribution in [3.8, 4) is 0 Å². The van der Waals surface area contributed by atoms with Crippen LogP contribution in [0.4, 0.5) is 0 Å². The molecule has 0 radical (unpaired) electrons. The molecule has 1 aliphatic rings. The van der Waals surface area contributed by atoms with Gasteiger partial charge in [-0.1, -0.05) is 68.4 Å². The number of hydrogen-bond donors (Lipinski definition) is 0. The summed E-state index contributed by atoms with van der Waals surface area (Å²) < 4.78 is 0. The van der Waals surface area contributed by atoms with Gasteiger partial charge in [-0.05, 0) is 42.3 Å². The highest BCUT2D eigenvalue weighted by atomic mass is 31.2. The van der Waals surface area contributed by atoms with Crippen LogP contribution < -0.4 is 15.9 Å². The van der Waals surface area contributed by atoms with Gasteiger partial charge in [0.15, 0.2) is 5.66 Å². The fourth-order valence-electron chi connectivity index (χ4n) is 4.68. The number of amides is 1. The Morgan fingerprint density at radius 3 is 1.59 bits per heavy atom. The lowest BCUT2D eigenvalue weighted by molar-refractivity contribution is -0.127. The van der Waals surface area contributed by atoms with Gasteiger partial charge in [0.05, 0.1) is 0 Å². The summed E-state index contributed by atoms with van der Waals surface area (Å²) in [5, 5.41) is 3.88. The molecular formula is C26H29NOP+. The first-order chi connectivity index (χ1) is 14.1. The highest BCUT2D eigenvalue weighted by molar-refractivity contribution is 7.96. The monoisotopic (exact) mass is 402 g/mol. The third-order valence-electron chi connectivity index (χ3n) is 5.81. The van der Waals surface area contributed by atoms with E-state index >= 15 is 0 Å². The van der Waals surface area contributed by atoms with Crippen LogP contribution in [0, 0.1) is 5.92 Å². The molecular weight excluding hydrogens is 373 g/mol. The van der Waals surface area contributed by atoms with Crippen LogP contribution in [0.25, 0.3) is 0 Å². The van der Waals surface area contributed by atoms with Gasteiger partial charge in [0, 0.05) is 19.5 Å². The minimum absolute atomic E-state index is 0.00606. The molecule has 148 valence electrons. The molecule has 1 atom stereocenters. The van der Waals surface area contributed by atoms with Crippen molar-refractivity contribution in [2.75, 3.05) is 13.1 Å². The summed E-state index contributed by atoms with van der Waals surface area (Å²) in [6, 6.07) is 32.2. The Labute approximate surface area is 174 Å². The Bertz CT molecular complexity index is 844. The zero-order valence-electron chi connectivity index (χ0n) is 17.2. The van der Waals surface area contributed by atoms with Crippen molar-refractivity contribution in [3.05, 3.63) is 91.0 Å². The van der Waals surface area contributed by atoms with E-state index in [-0.39, 0.29) is 5.66 Å². The molecule has 1 heterocycles. The van der Waals surface area contributed by atoms with Gasteiger partial charge in [-0.2, -0.15) is 0 Å². The summed E-state index contributed by atoms with van der Waals surface area (Å²) in [7, 11) is -2.13. The van der Waals surface area contributed by atoms with Gasteiger partial charge in [0.25, 0.3) is 5.91 Å². The summed E-state index contributed by atoms with van der Waals surface area (Å²) >= 11 is 0. The standard InChI is InChI=1S/C26H29NOP/c1-21(2)20-27-19-18-25(26(27)28)29(22-12-6-3-7-13-22,23-14-8-4-9-15-23)24-16-10-5-11-17-24/h3-17,21,25H,18-20H2,1-2H3/q+1. The predicted octanol–water partition coefficient (Wildman–Crippen LogP) is 4.24. The van der Waals surface area contributed by atoms with Crippen molar-refractivity contribution in [1.29, 1.82) is 0 Å². The largest absolute Gasteiger partial charge is 0.339 e. The number of carbonyl (C=O) groups is 1. The van der Waals surface area contributed by atoms with E-state index in [1.165, 1.54) is 15.9 Å². The van der Waals surface area contributed by atoms with Crippen LogP contribution in [0.2, 0.25) is 0 Å². The van der Waals surface area contributed by atoms with Crippen LogP contribution in [0.5, 0.6) is 0 Å². The van der Waals surface area contributed by atoms with E-state index in [1.807, 2.05) is 0 Å². The second-order valence-electron chi connectivity index (χ2n) is 8.21. The lowest BCUT2D eigenvalue weighted by atomic mass is 10.2. The molecule has 3 heteroatoms. The topological polar surface area (TPSA) is 20.3 Å². The van der Waals surface area contributed by atoms with Gasteiger partial charge < -0.3 is 4.90 Å². The number of benzene rings is 3. The molecule has 0 N–H and O–H groups in total. The zero-order chi connectivity index (χ0) is 20.3. The average molecular weight is 402 g/mol. The maximum atomic E-state index is 13.8. The van der Waals surface area contributed by atoms with Crippen LogP contribution in [-0.4, -0.2) is 29.6 Å². The summed E-state index contributed by atoms with van der Waals surface area (Å²) in [4.78, 5) is 15.9. The van der Waals surface area contributed by atoms with Crippen molar-refractivity contribution in [2.24, 2.45) is 5.92 Å². The van der Waals surface area contributed by atoms with Crippen molar-refractivity contribution in [3.63, 3.8) is 0 Å². The Morgan fingerprint density at radius 2 is 1.21 bits per heavy atom. The van der Waals surface area contributed by atoms with Gasteiger partial charge >= 0.3 is 0 Å². The van der Waals surface area contributed by atoms with Gasteiger partial charge in [0.2, 0.25) is 0 Å². The van der Waals surface area contributed by atoms with Crippen LogP contribution in [0.1, 0.15) is 20.3 Å². The van der Waals surface area contributed by atoms with Crippen molar-refractivity contribution < 1.29 is 4.79 Å². The Kier molecular flexibility index (Phi) is 5.83. The summed E-state index contributed by atoms with van der Waals surface area (Å²) in [5.74, 6) is 0.805. The molecule has 1 saturated heterocycles. The molecule has 3 aromatic carbocycles. The highest BCUT2D eigenvalue weighted by Crippen LogP contribution is 2.62. The molecule has 29 heavy (non-hydrogen) atoms. The van der Waals surface area contributed by atoms with E-state index in [9.17, 15) is 4.79 Å². The minimum Gasteiger partial charge on any atom is -0.339 e. The smallest absolute Gasteiger partial charge is 0.264 e. The van der Waals surface area contributed by atoms with E-state index in [2.05, 4.69) is 110 Å². The van der Waals surface area contributed by atoms with Crippen LogP contribution in [-0.2, 0) is 4.79 Å². The molecule has 0 bridgehead atoms. The second-order valence-corrected chi connectivity index (χ2v) is 11.8. The maximum absolute atomic E-state index is 13.8. The molecule has 0 aromatic heterocycles. The van der Waals surface area contributed by atoms with Crippen LogP contribution >= 0.6 is 7.26 Å². The van der Waals surface area contributed by atoms with E-state index in [0.717, 1.165) is 19.5 Å². The molecule has 3 aromatic rings. The Hall–Kier alpha value is -2.44. The predicted molar refractivity (Wildman–Crippen MR) is 125 cm³/mol. The van der Waals surface area contributed by atoms with E-state index in [1.54, 1.807) is 0 Å². The molecule has 0 spiro atoms. The molecule has 0 aliphatic carbocycles. The van der Waals surface area contributed by atoms with Crippen molar-refractivity contribution in [2.45, 2.75) is 25.9 Å². The van der Waals surface area contributed by atoms with Gasteiger partial charge in [-0.15, -0.1) is 0 Å². The maximum Gasteiger partial charge on any atom is 0.264 e. The lowest BCUT2D eigenvalue weighted by Gasteiger charge is -2.32. The van der Waals surface area contributed by atoms with Gasteiger partial charge in [-0.3, -0.25) is 4.79 Å². The first-order valence-corrected chi connectivity index (χ1v) is 12.3.